The molecule has 0 aromatic carbocycles. The van der Waals surface area contributed by atoms with Crippen LogP contribution in [0.4, 0.5) is 0 Å². The Hall–Kier alpha value is -2.29. The van der Waals surface area contributed by atoms with Gasteiger partial charge in [0.25, 0.3) is 0 Å². The van der Waals surface area contributed by atoms with Crippen LogP contribution in [0.15, 0.2) is 0 Å². The SMILES string of the molecule is CNC(=O)CCn1nnc(C(=O)O)c1-c1sc(C)nc1C. The van der Waals surface area contributed by atoms with Crippen LogP contribution < -0.4 is 5.32 Å². The van der Waals surface area contributed by atoms with Crippen molar-refractivity contribution in [2.45, 2.75) is 26.8 Å². The molecule has 0 aliphatic heterocycles. The first kappa shape index (κ1) is 15.1. The smallest absolute Gasteiger partial charge is 0.358 e. The Kier molecular flexibility index (Phi) is 4.32. The molecular weight excluding hydrogens is 294 g/mol. The van der Waals surface area contributed by atoms with Gasteiger partial charge in [-0.2, -0.15) is 0 Å². The molecule has 2 aromatic heterocycles. The Morgan fingerprint density at radius 1 is 1.38 bits per heavy atom. The predicted molar refractivity (Wildman–Crippen MR) is 76.2 cm³/mol. The van der Waals surface area contributed by atoms with Gasteiger partial charge in [0.1, 0.15) is 5.69 Å². The van der Waals surface area contributed by atoms with Crippen molar-refractivity contribution >= 4 is 23.2 Å². The summed E-state index contributed by atoms with van der Waals surface area (Å²) in [5.41, 5.74) is 0.997. The minimum Gasteiger partial charge on any atom is -0.476 e. The summed E-state index contributed by atoms with van der Waals surface area (Å²) < 4.78 is 1.44. The lowest BCUT2D eigenvalue weighted by molar-refractivity contribution is -0.120. The number of aromatic nitrogens is 4. The topological polar surface area (TPSA) is 110 Å². The van der Waals surface area contributed by atoms with Crippen LogP contribution in [0.25, 0.3) is 10.6 Å². The van der Waals surface area contributed by atoms with Crippen molar-refractivity contribution in [3.8, 4) is 10.6 Å². The van der Waals surface area contributed by atoms with Crippen molar-refractivity contribution in [2.24, 2.45) is 0 Å². The van der Waals surface area contributed by atoms with Crippen molar-refractivity contribution in [1.29, 1.82) is 0 Å². The number of carbonyl (C=O) groups excluding carboxylic acids is 1. The minimum absolute atomic E-state index is 0.126. The molecule has 0 unspecified atom stereocenters. The van der Waals surface area contributed by atoms with E-state index in [2.05, 4.69) is 20.6 Å². The molecule has 2 aromatic rings. The highest BCUT2D eigenvalue weighted by Gasteiger charge is 2.24. The third kappa shape index (κ3) is 3.07. The third-order valence-corrected chi connectivity index (χ3v) is 3.97. The van der Waals surface area contributed by atoms with Crippen molar-refractivity contribution in [3.63, 3.8) is 0 Å². The van der Waals surface area contributed by atoms with Gasteiger partial charge in [-0.05, 0) is 13.8 Å². The maximum absolute atomic E-state index is 11.3. The van der Waals surface area contributed by atoms with E-state index in [1.807, 2.05) is 6.92 Å². The van der Waals surface area contributed by atoms with Gasteiger partial charge in [0, 0.05) is 13.5 Å². The fourth-order valence-corrected chi connectivity index (χ4v) is 2.89. The number of hydrogen-bond acceptors (Lipinski definition) is 6. The van der Waals surface area contributed by atoms with Crippen LogP contribution in [0.2, 0.25) is 0 Å². The van der Waals surface area contributed by atoms with Gasteiger partial charge in [-0.1, -0.05) is 5.21 Å². The second-order valence-electron chi connectivity index (χ2n) is 4.39. The largest absolute Gasteiger partial charge is 0.476 e. The summed E-state index contributed by atoms with van der Waals surface area (Å²) in [7, 11) is 1.55. The number of hydrogen-bond donors (Lipinski definition) is 2. The number of carboxylic acid groups (broad SMARTS) is 1. The van der Waals surface area contributed by atoms with Crippen LogP contribution >= 0.6 is 11.3 Å². The van der Waals surface area contributed by atoms with E-state index >= 15 is 0 Å². The molecule has 0 radical (unpaired) electrons. The number of nitrogens with zero attached hydrogens (tertiary/aromatic N) is 4. The van der Waals surface area contributed by atoms with Gasteiger partial charge in [-0.3, -0.25) is 4.79 Å². The van der Waals surface area contributed by atoms with Crippen molar-refractivity contribution in [2.75, 3.05) is 7.05 Å². The van der Waals surface area contributed by atoms with Gasteiger partial charge < -0.3 is 10.4 Å². The van der Waals surface area contributed by atoms with E-state index in [4.69, 9.17) is 0 Å². The number of aromatic carboxylic acids is 1. The standard InChI is InChI=1S/C12H15N5O3S/c1-6-11(21-7(2)14-6)10-9(12(19)20)15-16-17(10)5-4-8(18)13-3/h4-5H2,1-3H3,(H,13,18)(H,19,20). The number of aryl methyl sites for hydroxylation is 3. The van der Waals surface area contributed by atoms with E-state index in [9.17, 15) is 14.7 Å². The first-order valence-electron chi connectivity index (χ1n) is 6.25. The molecule has 2 rings (SSSR count). The molecule has 112 valence electrons. The number of nitrogens with one attached hydrogen (secondary N) is 1. The number of rotatable bonds is 5. The van der Waals surface area contributed by atoms with Crippen LogP contribution in [-0.4, -0.2) is 44.0 Å². The number of thiazole rings is 1. The first-order valence-corrected chi connectivity index (χ1v) is 7.07. The normalized spacial score (nSPS) is 10.6. The molecule has 0 fully saturated rings. The molecular formula is C12H15N5O3S. The van der Waals surface area contributed by atoms with Crippen molar-refractivity contribution < 1.29 is 14.7 Å². The Bertz CT molecular complexity index is 691. The summed E-state index contributed by atoms with van der Waals surface area (Å²) in [6.07, 6.45) is 0.197. The molecule has 0 aliphatic carbocycles. The van der Waals surface area contributed by atoms with Crippen LogP contribution in [0.1, 0.15) is 27.6 Å². The van der Waals surface area contributed by atoms with E-state index in [-0.39, 0.29) is 24.6 Å². The lowest BCUT2D eigenvalue weighted by Gasteiger charge is -2.05. The Morgan fingerprint density at radius 3 is 2.62 bits per heavy atom. The molecule has 0 aliphatic rings. The lowest BCUT2D eigenvalue weighted by atomic mass is 10.2. The monoisotopic (exact) mass is 309 g/mol. The average Bonchev–Trinajstić information content (AvgIpc) is 2.98. The quantitative estimate of drug-likeness (QED) is 0.847. The maximum Gasteiger partial charge on any atom is 0.358 e. The summed E-state index contributed by atoms with van der Waals surface area (Å²) >= 11 is 1.38. The zero-order valence-corrected chi connectivity index (χ0v) is 12.7. The second-order valence-corrected chi connectivity index (χ2v) is 5.59. The lowest BCUT2D eigenvalue weighted by Crippen LogP contribution is -2.20. The Morgan fingerprint density at radius 2 is 2.10 bits per heavy atom. The van der Waals surface area contributed by atoms with Gasteiger partial charge >= 0.3 is 5.97 Å². The van der Waals surface area contributed by atoms with Gasteiger partial charge in [0.05, 0.1) is 22.1 Å². The highest BCUT2D eigenvalue weighted by atomic mass is 32.1. The van der Waals surface area contributed by atoms with Gasteiger partial charge in [0.15, 0.2) is 5.69 Å². The Labute approximate surface area is 124 Å². The Balaban J connectivity index is 2.45. The first-order chi connectivity index (χ1) is 9.93. The van der Waals surface area contributed by atoms with Crippen LogP contribution in [0.5, 0.6) is 0 Å². The van der Waals surface area contributed by atoms with Crippen molar-refractivity contribution in [3.05, 3.63) is 16.4 Å². The molecule has 1 amide bonds. The highest BCUT2D eigenvalue weighted by molar-refractivity contribution is 7.15. The summed E-state index contributed by atoms with van der Waals surface area (Å²) in [4.78, 5) is 27.7. The molecule has 0 atom stereocenters. The number of carboxylic acids is 1. The van der Waals surface area contributed by atoms with E-state index in [0.29, 0.717) is 10.6 Å². The van der Waals surface area contributed by atoms with Crippen LogP contribution in [-0.2, 0) is 11.3 Å². The van der Waals surface area contributed by atoms with Gasteiger partial charge in [-0.15, -0.1) is 16.4 Å². The summed E-state index contributed by atoms with van der Waals surface area (Å²) in [6, 6.07) is 0. The molecule has 0 saturated heterocycles. The van der Waals surface area contributed by atoms with E-state index in [1.54, 1.807) is 14.0 Å². The molecule has 0 spiro atoms. The van der Waals surface area contributed by atoms with Crippen LogP contribution in [0.3, 0.4) is 0 Å². The number of amides is 1. The average molecular weight is 309 g/mol. The van der Waals surface area contributed by atoms with E-state index < -0.39 is 5.97 Å². The molecule has 2 heterocycles. The van der Waals surface area contributed by atoms with Gasteiger partial charge in [-0.25, -0.2) is 14.5 Å². The van der Waals surface area contributed by atoms with E-state index in [0.717, 1.165) is 10.7 Å². The summed E-state index contributed by atoms with van der Waals surface area (Å²) in [5, 5.41) is 20.2. The molecule has 0 bridgehead atoms. The molecule has 8 nitrogen and oxygen atoms in total. The molecule has 0 saturated carbocycles. The summed E-state index contributed by atoms with van der Waals surface area (Å²) in [6.45, 7) is 3.91. The zero-order valence-electron chi connectivity index (χ0n) is 11.9. The fraction of sp³-hybridized carbons (Fsp3) is 0.417. The highest BCUT2D eigenvalue weighted by Crippen LogP contribution is 2.31. The van der Waals surface area contributed by atoms with Gasteiger partial charge in [0.2, 0.25) is 5.91 Å². The predicted octanol–water partition coefficient (Wildman–Crippen LogP) is 0.853. The molecule has 2 N–H and O–H groups in total. The number of carbonyl (C=O) groups is 2. The molecule has 21 heavy (non-hydrogen) atoms. The molecule has 9 heteroatoms. The summed E-state index contributed by atoms with van der Waals surface area (Å²) in [5.74, 6) is -1.30. The second kappa shape index (κ2) is 6.00. The minimum atomic E-state index is -1.15. The zero-order chi connectivity index (χ0) is 15.6. The fourth-order valence-electron chi connectivity index (χ4n) is 1.92. The van der Waals surface area contributed by atoms with Crippen LogP contribution in [0, 0.1) is 13.8 Å². The third-order valence-electron chi connectivity index (χ3n) is 2.89. The van der Waals surface area contributed by atoms with Crippen molar-refractivity contribution in [1.82, 2.24) is 25.3 Å². The maximum atomic E-state index is 11.3. The van der Waals surface area contributed by atoms with E-state index in [1.165, 1.54) is 16.0 Å².